The van der Waals surface area contributed by atoms with Gasteiger partial charge < -0.3 is 21.1 Å². The number of carbonyl (C=O) groups excluding carboxylic acids is 1. The number of guanidine groups is 1. The van der Waals surface area contributed by atoms with Gasteiger partial charge in [-0.25, -0.2) is 4.99 Å². The molecule has 0 bridgehead atoms. The lowest BCUT2D eigenvalue weighted by atomic mass is 10.1. The zero-order chi connectivity index (χ0) is 19.6. The first-order valence-electron chi connectivity index (χ1n) is 8.34. The zero-order valence-corrected chi connectivity index (χ0v) is 16.3. The van der Waals surface area contributed by atoms with E-state index in [0.717, 1.165) is 0 Å². The van der Waals surface area contributed by atoms with E-state index in [1.807, 2.05) is 6.92 Å². The first-order chi connectivity index (χ1) is 13.0. The quantitative estimate of drug-likeness (QED) is 0.416. The van der Waals surface area contributed by atoms with Gasteiger partial charge in [0.2, 0.25) is 5.91 Å². The molecule has 4 N–H and O–H groups in total. The average Bonchev–Trinajstić information content (AvgIpc) is 2.63. The first kappa shape index (κ1) is 21.0. The van der Waals surface area contributed by atoms with Gasteiger partial charge in [0.15, 0.2) is 5.96 Å². The van der Waals surface area contributed by atoms with Crippen molar-refractivity contribution in [3.63, 3.8) is 0 Å². The molecule has 1 unspecified atom stereocenters. The van der Waals surface area contributed by atoms with Crippen LogP contribution in [-0.4, -0.2) is 41.6 Å². The van der Waals surface area contributed by atoms with E-state index in [9.17, 15) is 9.90 Å². The number of benzene rings is 1. The molecule has 2 aromatic rings. The summed E-state index contributed by atoms with van der Waals surface area (Å²) >= 11 is 11.9. The molecule has 1 amide bonds. The van der Waals surface area contributed by atoms with Crippen molar-refractivity contribution in [2.45, 2.75) is 13.0 Å². The summed E-state index contributed by atoms with van der Waals surface area (Å²) in [5.41, 5.74) is 1.19. The highest BCUT2D eigenvalue weighted by Crippen LogP contribution is 2.23. The van der Waals surface area contributed by atoms with E-state index in [-0.39, 0.29) is 19.0 Å². The highest BCUT2D eigenvalue weighted by atomic mass is 35.5. The number of aliphatic hydroxyl groups is 1. The van der Waals surface area contributed by atoms with Crippen molar-refractivity contribution in [2.75, 3.05) is 25.0 Å². The van der Waals surface area contributed by atoms with Crippen LogP contribution in [0.4, 0.5) is 5.69 Å². The second kappa shape index (κ2) is 10.7. The maximum atomic E-state index is 12.0. The highest BCUT2D eigenvalue weighted by molar-refractivity contribution is 6.34. The first-order valence-corrected chi connectivity index (χ1v) is 9.09. The predicted molar refractivity (Wildman–Crippen MR) is 108 cm³/mol. The van der Waals surface area contributed by atoms with Crippen molar-refractivity contribution >= 4 is 40.8 Å². The van der Waals surface area contributed by atoms with E-state index in [1.165, 1.54) is 0 Å². The number of aliphatic imine (C=N–C) groups is 1. The fourth-order valence-corrected chi connectivity index (χ4v) is 2.75. The van der Waals surface area contributed by atoms with E-state index in [4.69, 9.17) is 23.2 Å². The Bertz CT molecular complexity index is 766. The van der Waals surface area contributed by atoms with Gasteiger partial charge in [0.05, 0.1) is 18.0 Å². The normalized spacial score (nSPS) is 12.4. The smallest absolute Gasteiger partial charge is 0.246 e. The lowest BCUT2D eigenvalue weighted by Crippen LogP contribution is -2.40. The standard InChI is InChI=1S/C18H21Cl2N5O2/c1-2-22-18(24-11-17(27)25-15-4-3-5-21-9-15)23-10-16(26)12-6-13(19)8-14(20)7-12/h3-9,16,26H,2,10-11H2,1H3,(H,25,27)(H2,22,23,24). The number of aliphatic hydroxyl groups excluding tert-OH is 1. The van der Waals surface area contributed by atoms with Gasteiger partial charge >= 0.3 is 0 Å². The highest BCUT2D eigenvalue weighted by Gasteiger charge is 2.11. The number of hydrogen-bond acceptors (Lipinski definition) is 4. The van der Waals surface area contributed by atoms with Crippen LogP contribution in [0.25, 0.3) is 0 Å². The molecule has 0 saturated heterocycles. The molecule has 0 spiro atoms. The Kier molecular flexibility index (Phi) is 8.32. The van der Waals surface area contributed by atoms with Crippen molar-refractivity contribution in [3.05, 3.63) is 58.3 Å². The third kappa shape index (κ3) is 7.42. The van der Waals surface area contributed by atoms with Crippen LogP contribution in [0.15, 0.2) is 47.7 Å². The number of pyridine rings is 1. The van der Waals surface area contributed by atoms with Gasteiger partial charge in [-0.1, -0.05) is 23.2 Å². The van der Waals surface area contributed by atoms with Crippen LogP contribution in [-0.2, 0) is 4.79 Å². The molecule has 1 aromatic carbocycles. The molecule has 144 valence electrons. The van der Waals surface area contributed by atoms with Crippen LogP contribution >= 0.6 is 23.2 Å². The minimum Gasteiger partial charge on any atom is -0.387 e. The van der Waals surface area contributed by atoms with Crippen molar-refractivity contribution in [1.29, 1.82) is 0 Å². The molecule has 1 aromatic heterocycles. The lowest BCUT2D eigenvalue weighted by Gasteiger charge is -2.16. The second-order valence-corrected chi connectivity index (χ2v) is 6.46. The monoisotopic (exact) mass is 409 g/mol. The summed E-state index contributed by atoms with van der Waals surface area (Å²) in [7, 11) is 0. The molecule has 0 saturated carbocycles. The van der Waals surface area contributed by atoms with E-state index in [2.05, 4.69) is 25.9 Å². The van der Waals surface area contributed by atoms with Gasteiger partial charge in [0.25, 0.3) is 0 Å². The molecule has 27 heavy (non-hydrogen) atoms. The maximum Gasteiger partial charge on any atom is 0.246 e. The fourth-order valence-electron chi connectivity index (χ4n) is 2.21. The minimum absolute atomic E-state index is 0.0800. The molecule has 0 radical (unpaired) electrons. The van der Waals surface area contributed by atoms with Crippen molar-refractivity contribution in [3.8, 4) is 0 Å². The third-order valence-electron chi connectivity index (χ3n) is 3.40. The maximum absolute atomic E-state index is 12.0. The molecule has 7 nitrogen and oxygen atoms in total. The van der Waals surface area contributed by atoms with Gasteiger partial charge in [-0.15, -0.1) is 0 Å². The van der Waals surface area contributed by atoms with Crippen LogP contribution in [0.5, 0.6) is 0 Å². The van der Waals surface area contributed by atoms with Crippen LogP contribution in [0, 0.1) is 0 Å². The number of rotatable bonds is 7. The lowest BCUT2D eigenvalue weighted by molar-refractivity contribution is -0.114. The number of nitrogens with zero attached hydrogens (tertiary/aromatic N) is 2. The van der Waals surface area contributed by atoms with E-state index < -0.39 is 6.10 Å². The van der Waals surface area contributed by atoms with E-state index in [1.54, 1.807) is 42.7 Å². The Morgan fingerprint density at radius 3 is 2.63 bits per heavy atom. The molecular formula is C18H21Cl2N5O2. The van der Waals surface area contributed by atoms with Crippen molar-refractivity contribution in [2.24, 2.45) is 4.99 Å². The van der Waals surface area contributed by atoms with Crippen molar-refractivity contribution < 1.29 is 9.90 Å². The topological polar surface area (TPSA) is 98.6 Å². The van der Waals surface area contributed by atoms with Gasteiger partial charge in [0.1, 0.15) is 6.54 Å². The molecule has 0 aliphatic carbocycles. The molecule has 2 rings (SSSR count). The summed E-state index contributed by atoms with van der Waals surface area (Å²) < 4.78 is 0. The summed E-state index contributed by atoms with van der Waals surface area (Å²) in [4.78, 5) is 20.1. The number of halogens is 2. The summed E-state index contributed by atoms with van der Waals surface area (Å²) in [6.45, 7) is 2.60. The van der Waals surface area contributed by atoms with Crippen LogP contribution < -0.4 is 16.0 Å². The molecular weight excluding hydrogens is 389 g/mol. The Hall–Kier alpha value is -2.35. The number of carbonyl (C=O) groups is 1. The van der Waals surface area contributed by atoms with Crippen LogP contribution in [0.3, 0.4) is 0 Å². The summed E-state index contributed by atoms with van der Waals surface area (Å²) in [6.07, 6.45) is 2.34. The Morgan fingerprint density at radius 1 is 1.26 bits per heavy atom. The molecule has 1 heterocycles. The van der Waals surface area contributed by atoms with Crippen LogP contribution in [0.1, 0.15) is 18.6 Å². The number of nitrogens with one attached hydrogen (secondary N) is 3. The SMILES string of the molecule is CCNC(=NCC(=O)Nc1cccnc1)NCC(O)c1cc(Cl)cc(Cl)c1. The molecule has 9 heteroatoms. The summed E-state index contributed by atoms with van der Waals surface area (Å²) in [6, 6.07) is 8.36. The Morgan fingerprint density at radius 2 is 2.00 bits per heavy atom. The summed E-state index contributed by atoms with van der Waals surface area (Å²) in [5, 5.41) is 19.9. The Labute approximate surface area is 167 Å². The second-order valence-electron chi connectivity index (χ2n) is 5.58. The van der Waals surface area contributed by atoms with Gasteiger partial charge in [-0.2, -0.15) is 0 Å². The number of aromatic nitrogens is 1. The number of amides is 1. The van der Waals surface area contributed by atoms with Gasteiger partial charge in [0, 0.05) is 29.3 Å². The molecule has 1 atom stereocenters. The average molecular weight is 410 g/mol. The predicted octanol–water partition coefficient (Wildman–Crippen LogP) is 2.62. The number of anilines is 1. The van der Waals surface area contributed by atoms with E-state index in [0.29, 0.717) is 33.8 Å². The van der Waals surface area contributed by atoms with Crippen molar-refractivity contribution in [1.82, 2.24) is 15.6 Å². The van der Waals surface area contributed by atoms with E-state index >= 15 is 0 Å². The molecule has 0 aliphatic rings. The molecule has 0 aliphatic heterocycles. The fraction of sp³-hybridized carbons (Fsp3) is 0.278. The largest absolute Gasteiger partial charge is 0.387 e. The van der Waals surface area contributed by atoms with Crippen LogP contribution in [0.2, 0.25) is 10.0 Å². The van der Waals surface area contributed by atoms with Gasteiger partial charge in [-0.05, 0) is 42.8 Å². The zero-order valence-electron chi connectivity index (χ0n) is 14.7. The Balaban J connectivity index is 1.91. The summed E-state index contributed by atoms with van der Waals surface area (Å²) in [5.74, 6) is 0.133. The third-order valence-corrected chi connectivity index (χ3v) is 3.84. The van der Waals surface area contributed by atoms with Gasteiger partial charge in [-0.3, -0.25) is 9.78 Å². The molecule has 0 fully saturated rings. The number of hydrogen-bond donors (Lipinski definition) is 4. The minimum atomic E-state index is -0.839.